The number of nitrogens with zero attached hydrogens (tertiary/aromatic N) is 2. The molecule has 0 aliphatic heterocycles. The van der Waals surface area contributed by atoms with Crippen molar-refractivity contribution < 1.29 is 9.13 Å². The minimum absolute atomic E-state index is 0.0135. The van der Waals surface area contributed by atoms with Crippen molar-refractivity contribution in [1.29, 1.82) is 0 Å². The molecule has 0 aliphatic carbocycles. The Kier molecular flexibility index (Phi) is 3.12. The smallest absolute Gasteiger partial charge is 0.230 e. The van der Waals surface area contributed by atoms with Crippen molar-refractivity contribution >= 4 is 28.2 Å². The maximum atomic E-state index is 13.1. The van der Waals surface area contributed by atoms with Crippen molar-refractivity contribution in [3.8, 4) is 11.6 Å². The van der Waals surface area contributed by atoms with Gasteiger partial charge in [-0.2, -0.15) is 0 Å². The normalized spacial score (nSPS) is 10.7. The highest BCUT2D eigenvalue weighted by Gasteiger charge is 2.08. The van der Waals surface area contributed by atoms with Gasteiger partial charge in [0, 0.05) is 11.8 Å². The molecule has 0 bridgehead atoms. The first-order valence-corrected chi connectivity index (χ1v) is 6.14. The maximum absolute atomic E-state index is 13.1. The molecular weight excluding hydrogens is 281 g/mol. The van der Waals surface area contributed by atoms with Gasteiger partial charge < -0.3 is 10.5 Å². The molecule has 0 saturated heterocycles. The van der Waals surface area contributed by atoms with Crippen molar-refractivity contribution in [3.63, 3.8) is 0 Å². The van der Waals surface area contributed by atoms with Crippen LogP contribution in [-0.4, -0.2) is 9.97 Å². The molecule has 0 fully saturated rings. The fourth-order valence-electron chi connectivity index (χ4n) is 1.78. The molecule has 0 amide bonds. The Morgan fingerprint density at radius 1 is 1.10 bits per heavy atom. The van der Waals surface area contributed by atoms with E-state index in [1.54, 1.807) is 18.2 Å². The molecule has 20 heavy (non-hydrogen) atoms. The summed E-state index contributed by atoms with van der Waals surface area (Å²) in [5.41, 5.74) is 7.03. The van der Waals surface area contributed by atoms with Crippen LogP contribution in [0.2, 0.25) is 5.02 Å². The van der Waals surface area contributed by atoms with E-state index in [0.29, 0.717) is 28.2 Å². The van der Waals surface area contributed by atoms with Gasteiger partial charge in [-0.3, -0.25) is 0 Å². The van der Waals surface area contributed by atoms with E-state index < -0.39 is 5.82 Å². The predicted octanol–water partition coefficient (Wildman–Crippen LogP) is 3.80. The zero-order valence-electron chi connectivity index (χ0n) is 10.2. The first-order valence-electron chi connectivity index (χ1n) is 5.76. The van der Waals surface area contributed by atoms with Crippen molar-refractivity contribution in [2.24, 2.45) is 0 Å². The molecule has 2 N–H and O–H groups in total. The van der Waals surface area contributed by atoms with E-state index in [1.165, 1.54) is 24.5 Å². The van der Waals surface area contributed by atoms with Crippen LogP contribution in [0, 0.1) is 5.82 Å². The Morgan fingerprint density at radius 2 is 1.95 bits per heavy atom. The van der Waals surface area contributed by atoms with Crippen LogP contribution in [0.4, 0.5) is 10.1 Å². The van der Waals surface area contributed by atoms with Gasteiger partial charge in [-0.1, -0.05) is 11.6 Å². The summed E-state index contributed by atoms with van der Waals surface area (Å²) in [6.07, 6.45) is 1.39. The predicted molar refractivity (Wildman–Crippen MR) is 75.4 cm³/mol. The quantitative estimate of drug-likeness (QED) is 0.729. The number of nitrogens with two attached hydrogens (primary N) is 1. The summed E-state index contributed by atoms with van der Waals surface area (Å²) in [5.74, 6) is 0.222. The van der Waals surface area contributed by atoms with Gasteiger partial charge in [0.1, 0.15) is 17.9 Å². The summed E-state index contributed by atoms with van der Waals surface area (Å²) in [4.78, 5) is 8.19. The van der Waals surface area contributed by atoms with Crippen LogP contribution >= 0.6 is 11.6 Å². The van der Waals surface area contributed by atoms with E-state index in [1.807, 2.05) is 0 Å². The Bertz CT molecular complexity index is 794. The third-order valence-corrected chi connectivity index (χ3v) is 3.02. The third kappa shape index (κ3) is 2.35. The van der Waals surface area contributed by atoms with Gasteiger partial charge in [-0.15, -0.1) is 0 Å². The molecule has 6 heteroatoms. The topological polar surface area (TPSA) is 61.0 Å². The van der Waals surface area contributed by atoms with Gasteiger partial charge in [-0.05, 0) is 30.3 Å². The maximum Gasteiger partial charge on any atom is 0.230 e. The highest BCUT2D eigenvalue weighted by Crippen LogP contribution is 2.29. The van der Waals surface area contributed by atoms with Crippen molar-refractivity contribution in [1.82, 2.24) is 9.97 Å². The molecule has 0 radical (unpaired) electrons. The molecule has 0 spiro atoms. The number of halogens is 2. The molecule has 100 valence electrons. The zero-order valence-corrected chi connectivity index (χ0v) is 10.9. The van der Waals surface area contributed by atoms with Crippen LogP contribution in [0.3, 0.4) is 0 Å². The first-order chi connectivity index (χ1) is 9.63. The molecule has 0 aliphatic rings. The van der Waals surface area contributed by atoms with Gasteiger partial charge in [0.15, 0.2) is 0 Å². The van der Waals surface area contributed by atoms with E-state index in [-0.39, 0.29) is 5.02 Å². The highest BCUT2D eigenvalue weighted by atomic mass is 35.5. The Balaban J connectivity index is 2.05. The molecule has 3 rings (SSSR count). The van der Waals surface area contributed by atoms with Crippen molar-refractivity contribution in [3.05, 3.63) is 53.6 Å². The molecule has 0 atom stereocenters. The first kappa shape index (κ1) is 12.6. The second-order valence-electron chi connectivity index (χ2n) is 4.13. The number of hydrogen-bond acceptors (Lipinski definition) is 4. The average Bonchev–Trinajstić information content (AvgIpc) is 2.44. The van der Waals surface area contributed by atoms with Crippen molar-refractivity contribution in [2.75, 3.05) is 5.73 Å². The Hall–Kier alpha value is -2.40. The van der Waals surface area contributed by atoms with Crippen LogP contribution in [0.15, 0.2) is 42.7 Å². The van der Waals surface area contributed by atoms with E-state index in [0.717, 1.165) is 0 Å². The fourth-order valence-corrected chi connectivity index (χ4v) is 1.95. The monoisotopic (exact) mass is 289 g/mol. The van der Waals surface area contributed by atoms with Crippen LogP contribution in [0.5, 0.6) is 11.6 Å². The molecule has 1 aromatic heterocycles. The number of fused-ring (bicyclic) bond motifs is 1. The number of ether oxygens (including phenoxy) is 1. The third-order valence-electron chi connectivity index (χ3n) is 2.73. The van der Waals surface area contributed by atoms with E-state index in [9.17, 15) is 4.39 Å². The highest BCUT2D eigenvalue weighted by molar-refractivity contribution is 6.30. The minimum atomic E-state index is -0.504. The molecule has 4 nitrogen and oxygen atoms in total. The molecule has 2 aromatic carbocycles. The summed E-state index contributed by atoms with van der Waals surface area (Å²) in [7, 11) is 0. The van der Waals surface area contributed by atoms with E-state index in [4.69, 9.17) is 22.1 Å². The summed E-state index contributed by atoms with van der Waals surface area (Å²) < 4.78 is 18.7. The number of anilines is 1. The lowest BCUT2D eigenvalue weighted by Gasteiger charge is -2.08. The molecule has 0 saturated carbocycles. The van der Waals surface area contributed by atoms with Gasteiger partial charge >= 0.3 is 0 Å². The second-order valence-corrected chi connectivity index (χ2v) is 4.54. The SMILES string of the molecule is Nc1ccc2ncnc(Oc3ccc(F)c(Cl)c3)c2c1. The van der Waals surface area contributed by atoms with E-state index in [2.05, 4.69) is 9.97 Å². The number of hydrogen-bond donors (Lipinski definition) is 1. The molecule has 3 aromatic rings. The van der Waals surface area contributed by atoms with Gasteiger partial charge in [0.05, 0.1) is 15.9 Å². The lowest BCUT2D eigenvalue weighted by atomic mass is 10.2. The standard InChI is InChI=1S/C14H9ClFN3O/c15-11-6-9(2-3-12(11)16)20-14-10-5-8(17)1-4-13(10)18-7-19-14/h1-7H,17H2. The lowest BCUT2D eigenvalue weighted by molar-refractivity contribution is 0.466. The number of nitrogen functional groups attached to an aromatic ring is 1. The number of benzene rings is 2. The van der Waals surface area contributed by atoms with Crippen molar-refractivity contribution in [2.45, 2.75) is 0 Å². The number of rotatable bonds is 2. The largest absolute Gasteiger partial charge is 0.438 e. The Morgan fingerprint density at radius 3 is 2.75 bits per heavy atom. The summed E-state index contributed by atoms with van der Waals surface area (Å²) >= 11 is 5.72. The molecular formula is C14H9ClFN3O. The van der Waals surface area contributed by atoms with Gasteiger partial charge in [0.25, 0.3) is 0 Å². The zero-order chi connectivity index (χ0) is 14.1. The van der Waals surface area contributed by atoms with Crippen LogP contribution < -0.4 is 10.5 Å². The average molecular weight is 290 g/mol. The summed E-state index contributed by atoms with van der Waals surface area (Å²) in [6, 6.07) is 9.33. The lowest BCUT2D eigenvalue weighted by Crippen LogP contribution is -1.93. The van der Waals surface area contributed by atoms with Crippen LogP contribution in [0.25, 0.3) is 10.9 Å². The second kappa shape index (κ2) is 4.94. The van der Waals surface area contributed by atoms with Crippen LogP contribution in [-0.2, 0) is 0 Å². The van der Waals surface area contributed by atoms with Gasteiger partial charge in [0.2, 0.25) is 5.88 Å². The fraction of sp³-hybridized carbons (Fsp3) is 0. The molecule has 1 heterocycles. The van der Waals surface area contributed by atoms with Gasteiger partial charge in [-0.25, -0.2) is 14.4 Å². The van der Waals surface area contributed by atoms with Crippen LogP contribution in [0.1, 0.15) is 0 Å². The summed E-state index contributed by atoms with van der Waals surface area (Å²) in [5, 5.41) is 0.660. The summed E-state index contributed by atoms with van der Waals surface area (Å²) in [6.45, 7) is 0. The Labute approximate surface area is 119 Å². The van der Waals surface area contributed by atoms with E-state index >= 15 is 0 Å². The minimum Gasteiger partial charge on any atom is -0.438 e. The molecule has 0 unspecified atom stereocenters. The number of aromatic nitrogens is 2.